The molecule has 0 spiro atoms. The van der Waals surface area contributed by atoms with Crippen molar-refractivity contribution in [2.45, 2.75) is 18.9 Å². The first-order valence-corrected chi connectivity index (χ1v) is 6.08. The number of aromatic hydroxyl groups is 2. The smallest absolute Gasteiger partial charge is 0.261 e. The third-order valence-electron chi connectivity index (χ3n) is 3.25. The Morgan fingerprint density at radius 1 is 1.37 bits per heavy atom. The van der Waals surface area contributed by atoms with Crippen LogP contribution in [-0.2, 0) is 4.74 Å². The lowest BCUT2D eigenvalue weighted by atomic mass is 10.2. The van der Waals surface area contributed by atoms with E-state index in [0.29, 0.717) is 17.3 Å². The van der Waals surface area contributed by atoms with Crippen LogP contribution in [0.5, 0.6) is 11.5 Å². The molecule has 6 heteroatoms. The fraction of sp³-hybridized carbons (Fsp3) is 0.385. The fourth-order valence-electron chi connectivity index (χ4n) is 2.07. The molecule has 6 nitrogen and oxygen atoms in total. The van der Waals surface area contributed by atoms with Crippen LogP contribution in [0.1, 0.15) is 24.8 Å². The van der Waals surface area contributed by atoms with Crippen molar-refractivity contribution in [2.75, 3.05) is 7.11 Å². The average molecular weight is 262 g/mol. The van der Waals surface area contributed by atoms with Crippen LogP contribution in [0.4, 0.5) is 0 Å². The molecule has 2 aromatic rings. The predicted octanol–water partition coefficient (Wildman–Crippen LogP) is 2.25. The van der Waals surface area contributed by atoms with Gasteiger partial charge in [-0.1, -0.05) is 11.2 Å². The van der Waals surface area contributed by atoms with Gasteiger partial charge in [0, 0.05) is 7.11 Å². The SMILES string of the molecule is COC(c1noc(-c2cccc(O)c2O)n1)C1CC1. The molecule has 1 aromatic heterocycles. The topological polar surface area (TPSA) is 88.6 Å². The number of hydrogen-bond acceptors (Lipinski definition) is 6. The Balaban J connectivity index is 1.94. The van der Waals surface area contributed by atoms with E-state index in [0.717, 1.165) is 12.8 Å². The summed E-state index contributed by atoms with van der Waals surface area (Å²) >= 11 is 0. The Morgan fingerprint density at radius 2 is 2.16 bits per heavy atom. The van der Waals surface area contributed by atoms with Gasteiger partial charge in [-0.05, 0) is 30.9 Å². The van der Waals surface area contributed by atoms with Crippen molar-refractivity contribution in [3.63, 3.8) is 0 Å². The van der Waals surface area contributed by atoms with Gasteiger partial charge in [-0.25, -0.2) is 0 Å². The Bertz CT molecular complexity index is 592. The number of ether oxygens (including phenoxy) is 1. The number of para-hydroxylation sites is 1. The van der Waals surface area contributed by atoms with Gasteiger partial charge >= 0.3 is 0 Å². The van der Waals surface area contributed by atoms with Crippen LogP contribution in [-0.4, -0.2) is 27.5 Å². The van der Waals surface area contributed by atoms with Gasteiger partial charge in [0.15, 0.2) is 11.5 Å². The molecule has 1 aromatic carbocycles. The van der Waals surface area contributed by atoms with Crippen molar-refractivity contribution in [2.24, 2.45) is 5.92 Å². The maximum absolute atomic E-state index is 9.77. The van der Waals surface area contributed by atoms with E-state index >= 15 is 0 Å². The van der Waals surface area contributed by atoms with Crippen LogP contribution in [0.2, 0.25) is 0 Å². The molecular formula is C13H14N2O4. The van der Waals surface area contributed by atoms with Gasteiger partial charge in [-0.2, -0.15) is 4.98 Å². The zero-order valence-electron chi connectivity index (χ0n) is 10.4. The highest BCUT2D eigenvalue weighted by Crippen LogP contribution is 2.43. The number of phenolic OH excluding ortho intramolecular Hbond substituents is 2. The quantitative estimate of drug-likeness (QED) is 0.821. The molecule has 1 atom stereocenters. The van der Waals surface area contributed by atoms with Gasteiger partial charge < -0.3 is 19.5 Å². The molecule has 100 valence electrons. The minimum absolute atomic E-state index is 0.169. The maximum atomic E-state index is 9.77. The second kappa shape index (κ2) is 4.55. The zero-order chi connectivity index (χ0) is 13.4. The lowest BCUT2D eigenvalue weighted by Crippen LogP contribution is -2.05. The summed E-state index contributed by atoms with van der Waals surface area (Å²) in [6, 6.07) is 4.59. The van der Waals surface area contributed by atoms with Gasteiger partial charge in [-0.15, -0.1) is 0 Å². The lowest BCUT2D eigenvalue weighted by molar-refractivity contribution is 0.0751. The van der Waals surface area contributed by atoms with Crippen molar-refractivity contribution in [1.82, 2.24) is 10.1 Å². The molecule has 0 bridgehead atoms. The van der Waals surface area contributed by atoms with Gasteiger partial charge in [0.25, 0.3) is 5.89 Å². The van der Waals surface area contributed by atoms with Crippen LogP contribution >= 0.6 is 0 Å². The van der Waals surface area contributed by atoms with Gasteiger partial charge in [0.05, 0.1) is 5.56 Å². The normalized spacial score (nSPS) is 16.5. The summed E-state index contributed by atoms with van der Waals surface area (Å²) in [7, 11) is 1.62. The highest BCUT2D eigenvalue weighted by Gasteiger charge is 2.35. The number of methoxy groups -OCH3 is 1. The molecule has 0 aliphatic heterocycles. The minimum Gasteiger partial charge on any atom is -0.504 e. The summed E-state index contributed by atoms with van der Waals surface area (Å²) in [4.78, 5) is 4.24. The number of rotatable bonds is 4. The van der Waals surface area contributed by atoms with Gasteiger partial charge in [0.1, 0.15) is 6.10 Å². The van der Waals surface area contributed by atoms with Crippen LogP contribution < -0.4 is 0 Å². The summed E-state index contributed by atoms with van der Waals surface area (Å²) in [5.74, 6) is 0.600. The van der Waals surface area contributed by atoms with Gasteiger partial charge in [0.2, 0.25) is 5.82 Å². The highest BCUT2D eigenvalue weighted by molar-refractivity contribution is 5.66. The summed E-state index contributed by atoms with van der Waals surface area (Å²) in [5.41, 5.74) is 0.310. The predicted molar refractivity (Wildman–Crippen MR) is 65.5 cm³/mol. The monoisotopic (exact) mass is 262 g/mol. The average Bonchev–Trinajstić information content (AvgIpc) is 3.12. The van der Waals surface area contributed by atoms with E-state index in [1.54, 1.807) is 19.2 Å². The van der Waals surface area contributed by atoms with Crippen LogP contribution in [0, 0.1) is 5.92 Å². The number of hydrogen-bond donors (Lipinski definition) is 2. The number of benzene rings is 1. The van der Waals surface area contributed by atoms with E-state index in [-0.39, 0.29) is 23.5 Å². The first-order chi connectivity index (χ1) is 9.20. The first kappa shape index (κ1) is 12.0. The first-order valence-electron chi connectivity index (χ1n) is 6.08. The third kappa shape index (κ3) is 2.15. The molecule has 0 amide bonds. The van der Waals surface area contributed by atoms with Crippen molar-refractivity contribution in [1.29, 1.82) is 0 Å². The van der Waals surface area contributed by atoms with E-state index in [1.165, 1.54) is 6.07 Å². The lowest BCUT2D eigenvalue weighted by Gasteiger charge is -2.08. The molecule has 0 saturated heterocycles. The molecule has 2 N–H and O–H groups in total. The van der Waals surface area contributed by atoms with E-state index in [4.69, 9.17) is 9.26 Å². The minimum atomic E-state index is -0.266. The standard InChI is InChI=1S/C13H14N2O4/c1-18-11(7-5-6-7)12-14-13(19-15-12)8-3-2-4-9(16)10(8)17/h2-4,7,11,16-17H,5-6H2,1H3. The third-order valence-corrected chi connectivity index (χ3v) is 3.25. The van der Waals surface area contributed by atoms with E-state index in [9.17, 15) is 10.2 Å². The second-order valence-corrected chi connectivity index (χ2v) is 4.62. The van der Waals surface area contributed by atoms with Crippen molar-refractivity contribution < 1.29 is 19.5 Å². The van der Waals surface area contributed by atoms with E-state index in [1.807, 2.05) is 0 Å². The summed E-state index contributed by atoms with van der Waals surface area (Å²) < 4.78 is 10.5. The Morgan fingerprint density at radius 3 is 2.84 bits per heavy atom. The molecule has 1 unspecified atom stereocenters. The molecule has 1 heterocycles. The van der Waals surface area contributed by atoms with Crippen molar-refractivity contribution in [3.05, 3.63) is 24.0 Å². The second-order valence-electron chi connectivity index (χ2n) is 4.62. The molecule has 3 rings (SSSR count). The molecule has 19 heavy (non-hydrogen) atoms. The highest BCUT2D eigenvalue weighted by atomic mass is 16.5. The van der Waals surface area contributed by atoms with E-state index < -0.39 is 0 Å². The van der Waals surface area contributed by atoms with Gasteiger partial charge in [-0.3, -0.25) is 0 Å². The largest absolute Gasteiger partial charge is 0.504 e. The molecule has 1 saturated carbocycles. The molecule has 1 aliphatic carbocycles. The Hall–Kier alpha value is -2.08. The number of aromatic nitrogens is 2. The van der Waals surface area contributed by atoms with Crippen LogP contribution in [0.3, 0.4) is 0 Å². The van der Waals surface area contributed by atoms with Crippen LogP contribution in [0.15, 0.2) is 22.7 Å². The number of nitrogens with zero attached hydrogens (tertiary/aromatic N) is 2. The van der Waals surface area contributed by atoms with Crippen molar-refractivity contribution in [3.8, 4) is 23.0 Å². The van der Waals surface area contributed by atoms with Crippen molar-refractivity contribution >= 4 is 0 Å². The number of phenols is 2. The van der Waals surface area contributed by atoms with Crippen LogP contribution in [0.25, 0.3) is 11.5 Å². The molecule has 1 aliphatic rings. The Labute approximate surface area is 109 Å². The zero-order valence-corrected chi connectivity index (χ0v) is 10.4. The van der Waals surface area contributed by atoms with E-state index in [2.05, 4.69) is 10.1 Å². The maximum Gasteiger partial charge on any atom is 0.261 e. The summed E-state index contributed by atoms with van der Waals surface area (Å²) in [5, 5.41) is 23.1. The molecule has 0 radical (unpaired) electrons. The summed E-state index contributed by atoms with van der Waals surface area (Å²) in [6.45, 7) is 0. The fourth-order valence-corrected chi connectivity index (χ4v) is 2.07. The Kier molecular flexibility index (Phi) is 2.87. The molecule has 1 fully saturated rings. The summed E-state index contributed by atoms with van der Waals surface area (Å²) in [6.07, 6.45) is 2.02. The molecular weight excluding hydrogens is 248 g/mol.